The van der Waals surface area contributed by atoms with Gasteiger partial charge in [0.1, 0.15) is 0 Å². The van der Waals surface area contributed by atoms with Crippen molar-refractivity contribution in [3.8, 4) is 0 Å². The van der Waals surface area contributed by atoms with Crippen LogP contribution in [0.15, 0.2) is 24.3 Å². The normalized spacial score (nSPS) is 10.7. The van der Waals surface area contributed by atoms with Crippen molar-refractivity contribution in [2.75, 3.05) is 38.0 Å². The maximum atomic E-state index is 12.0. The van der Waals surface area contributed by atoms with Crippen LogP contribution in [0.2, 0.25) is 0 Å². The van der Waals surface area contributed by atoms with E-state index in [9.17, 15) is 4.79 Å². The fourth-order valence-electron chi connectivity index (χ4n) is 2.16. The van der Waals surface area contributed by atoms with Gasteiger partial charge in [-0.25, -0.2) is 0 Å². The van der Waals surface area contributed by atoms with Gasteiger partial charge in [-0.15, -0.1) is 0 Å². The van der Waals surface area contributed by atoms with E-state index in [-0.39, 0.29) is 5.91 Å². The molecule has 1 aromatic carbocycles. The van der Waals surface area contributed by atoms with Gasteiger partial charge in [0, 0.05) is 24.3 Å². The van der Waals surface area contributed by atoms with Crippen LogP contribution >= 0.6 is 0 Å². The first kappa shape index (κ1) is 17.5. The molecule has 21 heavy (non-hydrogen) atoms. The second-order valence-corrected chi connectivity index (χ2v) is 5.14. The molecule has 0 atom stereocenters. The number of anilines is 1. The summed E-state index contributed by atoms with van der Waals surface area (Å²) in [6.07, 6.45) is 2.08. The summed E-state index contributed by atoms with van der Waals surface area (Å²) in [5.41, 5.74) is 1.79. The van der Waals surface area contributed by atoms with E-state index in [0.717, 1.165) is 56.8 Å². The third kappa shape index (κ3) is 6.63. The Morgan fingerprint density at radius 1 is 1.05 bits per heavy atom. The number of carbonyl (C=O) groups is 1. The molecule has 0 spiro atoms. The van der Waals surface area contributed by atoms with Crippen LogP contribution in [0.25, 0.3) is 0 Å². The zero-order chi connectivity index (χ0) is 15.5. The average molecular weight is 291 g/mol. The topological polar surface area (TPSA) is 44.4 Å². The van der Waals surface area contributed by atoms with Gasteiger partial charge in [0.15, 0.2) is 0 Å². The van der Waals surface area contributed by atoms with Gasteiger partial charge in [-0.1, -0.05) is 20.8 Å². The number of hydrogen-bond donors (Lipinski definition) is 2. The molecule has 0 fully saturated rings. The number of nitrogens with zero attached hydrogens (tertiary/aromatic N) is 1. The van der Waals surface area contributed by atoms with Gasteiger partial charge in [-0.05, 0) is 56.7 Å². The van der Waals surface area contributed by atoms with Crippen LogP contribution in [0.1, 0.15) is 44.0 Å². The van der Waals surface area contributed by atoms with E-state index in [2.05, 4.69) is 36.3 Å². The molecule has 0 aliphatic carbocycles. The molecule has 0 heterocycles. The maximum absolute atomic E-state index is 12.0. The van der Waals surface area contributed by atoms with Crippen LogP contribution in [-0.4, -0.2) is 43.5 Å². The van der Waals surface area contributed by atoms with Gasteiger partial charge < -0.3 is 15.5 Å². The summed E-state index contributed by atoms with van der Waals surface area (Å²) in [4.78, 5) is 14.4. The molecule has 0 saturated carbocycles. The van der Waals surface area contributed by atoms with Crippen LogP contribution in [-0.2, 0) is 0 Å². The standard InChI is InChI=1S/C17H29N3O/c1-4-12-18-16-10-8-15(9-11-16)17(21)19-13-7-14-20(5-2)6-3/h8-11,18H,4-7,12-14H2,1-3H3,(H,19,21). The van der Waals surface area contributed by atoms with E-state index in [1.165, 1.54) is 0 Å². The van der Waals surface area contributed by atoms with E-state index < -0.39 is 0 Å². The average Bonchev–Trinajstić information content (AvgIpc) is 2.53. The summed E-state index contributed by atoms with van der Waals surface area (Å²) >= 11 is 0. The monoisotopic (exact) mass is 291 g/mol. The Bertz CT molecular complexity index is 399. The van der Waals surface area contributed by atoms with Crippen molar-refractivity contribution in [3.63, 3.8) is 0 Å². The second-order valence-electron chi connectivity index (χ2n) is 5.14. The van der Waals surface area contributed by atoms with Gasteiger partial charge in [-0.2, -0.15) is 0 Å². The molecule has 4 nitrogen and oxygen atoms in total. The highest BCUT2D eigenvalue weighted by atomic mass is 16.1. The Kier molecular flexibility index (Phi) is 8.51. The minimum absolute atomic E-state index is 0.0107. The first-order chi connectivity index (χ1) is 10.2. The van der Waals surface area contributed by atoms with Gasteiger partial charge in [0.2, 0.25) is 0 Å². The van der Waals surface area contributed by atoms with E-state index in [1.54, 1.807) is 0 Å². The van der Waals surface area contributed by atoms with Crippen LogP contribution in [0.5, 0.6) is 0 Å². The fourth-order valence-corrected chi connectivity index (χ4v) is 2.16. The predicted molar refractivity (Wildman–Crippen MR) is 90.0 cm³/mol. The number of nitrogens with one attached hydrogen (secondary N) is 2. The van der Waals surface area contributed by atoms with Crippen molar-refractivity contribution in [3.05, 3.63) is 29.8 Å². The number of amides is 1. The summed E-state index contributed by atoms with van der Waals surface area (Å²) in [5.74, 6) is 0.0107. The van der Waals surface area contributed by atoms with Crippen molar-refractivity contribution in [2.45, 2.75) is 33.6 Å². The zero-order valence-corrected chi connectivity index (χ0v) is 13.6. The fraction of sp³-hybridized carbons (Fsp3) is 0.588. The molecule has 0 aliphatic rings. The second kappa shape index (κ2) is 10.2. The van der Waals surface area contributed by atoms with Gasteiger partial charge in [-0.3, -0.25) is 4.79 Å². The molecule has 0 bridgehead atoms. The lowest BCUT2D eigenvalue weighted by atomic mass is 10.2. The SMILES string of the molecule is CCCNc1ccc(C(=O)NCCCN(CC)CC)cc1. The summed E-state index contributed by atoms with van der Waals surface area (Å²) in [5, 5.41) is 6.28. The van der Waals surface area contributed by atoms with Gasteiger partial charge >= 0.3 is 0 Å². The van der Waals surface area contributed by atoms with Crippen LogP contribution in [0.3, 0.4) is 0 Å². The molecule has 2 N–H and O–H groups in total. The molecule has 1 rings (SSSR count). The van der Waals surface area contributed by atoms with Crippen LogP contribution in [0, 0.1) is 0 Å². The minimum Gasteiger partial charge on any atom is -0.385 e. The van der Waals surface area contributed by atoms with Crippen molar-refractivity contribution >= 4 is 11.6 Å². The first-order valence-corrected chi connectivity index (χ1v) is 8.05. The number of hydrogen-bond acceptors (Lipinski definition) is 3. The van der Waals surface area contributed by atoms with Crippen LogP contribution < -0.4 is 10.6 Å². The minimum atomic E-state index is 0.0107. The van der Waals surface area contributed by atoms with Crippen molar-refractivity contribution in [2.24, 2.45) is 0 Å². The molecular weight excluding hydrogens is 262 g/mol. The van der Waals surface area contributed by atoms with Crippen molar-refractivity contribution in [1.29, 1.82) is 0 Å². The number of benzene rings is 1. The van der Waals surface area contributed by atoms with Crippen LogP contribution in [0.4, 0.5) is 5.69 Å². The Labute approximate surface area is 128 Å². The molecule has 1 amide bonds. The summed E-state index contributed by atoms with van der Waals surface area (Å²) < 4.78 is 0. The lowest BCUT2D eigenvalue weighted by Crippen LogP contribution is -2.29. The lowest BCUT2D eigenvalue weighted by Gasteiger charge is -2.17. The molecule has 0 aromatic heterocycles. The Balaban J connectivity index is 2.31. The number of carbonyl (C=O) groups excluding carboxylic acids is 1. The maximum Gasteiger partial charge on any atom is 0.251 e. The smallest absolute Gasteiger partial charge is 0.251 e. The van der Waals surface area contributed by atoms with Crippen molar-refractivity contribution < 1.29 is 4.79 Å². The third-order valence-electron chi connectivity index (χ3n) is 3.56. The molecule has 1 aromatic rings. The van der Waals surface area contributed by atoms with E-state index in [4.69, 9.17) is 0 Å². The number of rotatable bonds is 10. The quantitative estimate of drug-likeness (QED) is 0.651. The largest absolute Gasteiger partial charge is 0.385 e. The molecule has 0 aliphatic heterocycles. The summed E-state index contributed by atoms with van der Waals surface area (Å²) in [6, 6.07) is 7.66. The molecule has 118 valence electrons. The van der Waals surface area contributed by atoms with Gasteiger partial charge in [0.25, 0.3) is 5.91 Å². The zero-order valence-electron chi connectivity index (χ0n) is 13.6. The molecule has 0 radical (unpaired) electrons. The highest BCUT2D eigenvalue weighted by molar-refractivity contribution is 5.94. The first-order valence-electron chi connectivity index (χ1n) is 8.05. The van der Waals surface area contributed by atoms with E-state index in [0.29, 0.717) is 0 Å². The summed E-state index contributed by atoms with van der Waals surface area (Å²) in [7, 11) is 0. The lowest BCUT2D eigenvalue weighted by molar-refractivity contribution is 0.0952. The Hall–Kier alpha value is -1.55. The molecular formula is C17H29N3O. The van der Waals surface area contributed by atoms with Gasteiger partial charge in [0.05, 0.1) is 0 Å². The summed E-state index contributed by atoms with van der Waals surface area (Å²) in [6.45, 7) is 11.3. The van der Waals surface area contributed by atoms with E-state index in [1.807, 2.05) is 24.3 Å². The highest BCUT2D eigenvalue weighted by Crippen LogP contribution is 2.09. The highest BCUT2D eigenvalue weighted by Gasteiger charge is 2.05. The third-order valence-corrected chi connectivity index (χ3v) is 3.56. The Morgan fingerprint density at radius 3 is 2.29 bits per heavy atom. The molecule has 0 unspecified atom stereocenters. The molecule has 0 saturated heterocycles. The molecule has 4 heteroatoms. The Morgan fingerprint density at radius 2 is 1.71 bits per heavy atom. The predicted octanol–water partition coefficient (Wildman–Crippen LogP) is 2.97. The van der Waals surface area contributed by atoms with E-state index >= 15 is 0 Å². The van der Waals surface area contributed by atoms with Crippen molar-refractivity contribution in [1.82, 2.24) is 10.2 Å².